The van der Waals surface area contributed by atoms with Gasteiger partial charge >= 0.3 is 17.9 Å². The lowest BCUT2D eigenvalue weighted by Gasteiger charge is -2.58. The number of esters is 2. The van der Waals surface area contributed by atoms with Crippen LogP contribution in [0.3, 0.4) is 0 Å². The summed E-state index contributed by atoms with van der Waals surface area (Å²) >= 11 is 0. The molecule has 1 spiro atoms. The fourth-order valence-electron chi connectivity index (χ4n) is 7.36. The van der Waals surface area contributed by atoms with Crippen LogP contribution >= 0.6 is 0 Å². The number of hydrogen-bond donors (Lipinski definition) is 5. The molecule has 0 aromatic heterocycles. The van der Waals surface area contributed by atoms with E-state index in [0.29, 0.717) is 5.57 Å². The van der Waals surface area contributed by atoms with E-state index in [2.05, 4.69) is 0 Å². The zero-order valence-electron chi connectivity index (χ0n) is 24.2. The number of carboxylic acids is 1. The first-order valence-electron chi connectivity index (χ1n) is 14.2. The van der Waals surface area contributed by atoms with Crippen LogP contribution in [0.25, 0.3) is 0 Å². The van der Waals surface area contributed by atoms with Crippen LogP contribution in [0.15, 0.2) is 11.6 Å². The van der Waals surface area contributed by atoms with Gasteiger partial charge in [0.05, 0.1) is 18.8 Å². The Bertz CT molecular complexity index is 1130. The Hall–Kier alpha value is -2.17. The molecule has 14 heteroatoms. The van der Waals surface area contributed by atoms with Crippen LogP contribution in [-0.2, 0) is 42.8 Å². The maximum absolute atomic E-state index is 12.7. The molecule has 14 nitrogen and oxygen atoms in total. The van der Waals surface area contributed by atoms with E-state index in [4.69, 9.17) is 28.4 Å². The van der Waals surface area contributed by atoms with Gasteiger partial charge in [0.15, 0.2) is 12.4 Å². The van der Waals surface area contributed by atoms with Crippen molar-refractivity contribution in [1.29, 1.82) is 0 Å². The third-order valence-corrected chi connectivity index (χ3v) is 9.82. The SMILES string of the molecule is CC(=O)OC[C@]12C[C@H](OC(=O)CC(C)C)C(C)=C[C@H]1O[C@@H]1[C@H](O[C@@H]3O[C@H](C(=O)O)[C@@H](O)[C@H](O)[C@H]3O)[C@@H](O)[C@@]2(C)[C@]12CO2. The number of hydrogen-bond acceptors (Lipinski definition) is 13. The van der Waals surface area contributed by atoms with Crippen molar-refractivity contribution in [3.8, 4) is 0 Å². The van der Waals surface area contributed by atoms with E-state index in [-0.39, 0.29) is 32.0 Å². The molecule has 5 rings (SSSR count). The minimum atomic E-state index is -1.92. The molecule has 236 valence electrons. The number of carbonyl (C=O) groups excluding carboxylic acids is 2. The molecule has 0 aromatic rings. The smallest absolute Gasteiger partial charge is 0.335 e. The minimum absolute atomic E-state index is 0.0693. The predicted octanol–water partition coefficient (Wildman–Crippen LogP) is -0.962. The molecule has 3 saturated heterocycles. The topological polar surface area (TPSA) is 211 Å². The second-order valence-electron chi connectivity index (χ2n) is 12.8. The first-order chi connectivity index (χ1) is 19.6. The molecule has 3 heterocycles. The lowest BCUT2D eigenvalue weighted by atomic mass is 9.51. The van der Waals surface area contributed by atoms with E-state index in [9.17, 15) is 39.9 Å². The highest BCUT2D eigenvalue weighted by Gasteiger charge is 2.85. The Labute approximate surface area is 242 Å². The van der Waals surface area contributed by atoms with Gasteiger partial charge in [-0.3, -0.25) is 9.59 Å². The van der Waals surface area contributed by atoms with E-state index in [1.165, 1.54) is 6.92 Å². The number of epoxide rings is 1. The van der Waals surface area contributed by atoms with Crippen LogP contribution < -0.4 is 0 Å². The first-order valence-corrected chi connectivity index (χ1v) is 14.2. The molecular formula is C28H40O14. The van der Waals surface area contributed by atoms with Gasteiger partial charge in [-0.2, -0.15) is 0 Å². The van der Waals surface area contributed by atoms with E-state index in [1.807, 2.05) is 13.8 Å². The molecule has 5 N–H and O–H groups in total. The quantitative estimate of drug-likeness (QED) is 0.129. The molecular weight excluding hydrogens is 560 g/mol. The molecule has 1 saturated carbocycles. The Morgan fingerprint density at radius 1 is 1.10 bits per heavy atom. The number of carboxylic acid groups (broad SMARTS) is 1. The maximum Gasteiger partial charge on any atom is 0.335 e. The molecule has 3 aliphatic heterocycles. The summed E-state index contributed by atoms with van der Waals surface area (Å²) in [7, 11) is 0. The van der Waals surface area contributed by atoms with Crippen LogP contribution in [0, 0.1) is 16.7 Å². The summed E-state index contributed by atoms with van der Waals surface area (Å²) in [4.78, 5) is 36.4. The van der Waals surface area contributed by atoms with Gasteiger partial charge < -0.3 is 54.0 Å². The van der Waals surface area contributed by atoms with Gasteiger partial charge in [0, 0.05) is 30.6 Å². The van der Waals surface area contributed by atoms with Crippen molar-refractivity contribution in [3.63, 3.8) is 0 Å². The Balaban J connectivity index is 1.51. The molecule has 0 aromatic carbocycles. The Morgan fingerprint density at radius 2 is 1.76 bits per heavy atom. The first kappa shape index (κ1) is 31.3. The van der Waals surface area contributed by atoms with E-state index >= 15 is 0 Å². The van der Waals surface area contributed by atoms with Crippen LogP contribution in [0.1, 0.15) is 47.5 Å². The molecule has 13 atom stereocenters. The van der Waals surface area contributed by atoms with E-state index < -0.39 is 95.6 Å². The predicted molar refractivity (Wildman–Crippen MR) is 137 cm³/mol. The number of aliphatic hydroxyl groups excluding tert-OH is 4. The van der Waals surface area contributed by atoms with Gasteiger partial charge in [-0.15, -0.1) is 0 Å². The van der Waals surface area contributed by atoms with Crippen molar-refractivity contribution in [2.24, 2.45) is 16.7 Å². The molecule has 5 aliphatic rings. The van der Waals surface area contributed by atoms with Crippen molar-refractivity contribution in [2.75, 3.05) is 13.2 Å². The summed E-state index contributed by atoms with van der Waals surface area (Å²) in [5.41, 5.74) is -2.83. The number of carbonyl (C=O) groups is 3. The summed E-state index contributed by atoms with van der Waals surface area (Å²) in [6.45, 7) is 8.55. The largest absolute Gasteiger partial charge is 0.479 e. The fourth-order valence-corrected chi connectivity index (χ4v) is 7.36. The highest BCUT2D eigenvalue weighted by Crippen LogP contribution is 2.72. The number of rotatable bonds is 8. The molecule has 2 aliphatic carbocycles. The summed E-state index contributed by atoms with van der Waals surface area (Å²) in [5.74, 6) is -2.47. The lowest BCUT2D eigenvalue weighted by molar-refractivity contribution is -0.315. The zero-order chi connectivity index (χ0) is 30.9. The highest BCUT2D eigenvalue weighted by atomic mass is 16.7. The van der Waals surface area contributed by atoms with Crippen molar-refractivity contribution < 1.29 is 68.3 Å². The normalized spacial score (nSPS) is 47.5. The van der Waals surface area contributed by atoms with Gasteiger partial charge in [0.2, 0.25) is 0 Å². The lowest BCUT2D eigenvalue weighted by Crippen LogP contribution is -2.67. The number of aliphatic carboxylic acids is 1. The second-order valence-corrected chi connectivity index (χ2v) is 12.8. The van der Waals surface area contributed by atoms with Crippen LogP contribution in [0.5, 0.6) is 0 Å². The number of aliphatic hydroxyl groups is 4. The van der Waals surface area contributed by atoms with Gasteiger partial charge in [0.1, 0.15) is 48.8 Å². The number of ether oxygens (including phenoxy) is 6. The van der Waals surface area contributed by atoms with Gasteiger partial charge in [-0.1, -0.05) is 26.8 Å². The minimum Gasteiger partial charge on any atom is -0.479 e. The summed E-state index contributed by atoms with van der Waals surface area (Å²) in [6.07, 6.45) is -12.3. The zero-order valence-corrected chi connectivity index (χ0v) is 24.2. The standard InChI is InChI=1S/C28H40O14/c1-11(2)6-16(30)39-14-8-27(9-37-13(4)29)15(7-12(14)3)40-23-21(22(34)26(27,5)28(23)10-38-28)42-25-19(33)17(31)18(32)20(41-25)24(35)36/h7,11,14-15,17-23,25,31-34H,6,8-10H2,1-5H3,(H,35,36)/t14-,15+,17-,18-,19+,20-,21+,22+,23+,25-,26+,27+,28-/m0/s1. The molecule has 42 heavy (non-hydrogen) atoms. The Kier molecular flexibility index (Phi) is 8.02. The molecule has 2 bridgehead atoms. The van der Waals surface area contributed by atoms with Crippen molar-refractivity contribution in [1.82, 2.24) is 0 Å². The van der Waals surface area contributed by atoms with Crippen molar-refractivity contribution >= 4 is 17.9 Å². The van der Waals surface area contributed by atoms with Crippen molar-refractivity contribution in [2.45, 2.75) is 114 Å². The van der Waals surface area contributed by atoms with Crippen LogP contribution in [0.2, 0.25) is 0 Å². The fraction of sp³-hybridized carbons (Fsp3) is 0.821. The summed E-state index contributed by atoms with van der Waals surface area (Å²) in [6, 6.07) is 0. The summed E-state index contributed by atoms with van der Waals surface area (Å²) in [5, 5.41) is 52.5. The third kappa shape index (κ3) is 4.58. The molecule has 0 unspecified atom stereocenters. The van der Waals surface area contributed by atoms with Gasteiger partial charge in [-0.25, -0.2) is 4.79 Å². The third-order valence-electron chi connectivity index (χ3n) is 9.82. The van der Waals surface area contributed by atoms with Gasteiger partial charge in [0.25, 0.3) is 0 Å². The highest BCUT2D eigenvalue weighted by molar-refractivity contribution is 5.73. The molecule has 4 fully saturated rings. The maximum atomic E-state index is 12.7. The van der Waals surface area contributed by atoms with E-state index in [1.54, 1.807) is 19.9 Å². The molecule has 0 amide bonds. The monoisotopic (exact) mass is 600 g/mol. The Morgan fingerprint density at radius 3 is 2.33 bits per heavy atom. The average Bonchev–Trinajstić information content (AvgIpc) is 3.68. The summed E-state index contributed by atoms with van der Waals surface area (Å²) < 4.78 is 35.3. The number of fused-ring (bicyclic) bond motifs is 2. The molecule has 0 radical (unpaired) electrons. The van der Waals surface area contributed by atoms with E-state index in [0.717, 1.165) is 0 Å². The van der Waals surface area contributed by atoms with Crippen LogP contribution in [0.4, 0.5) is 0 Å². The average molecular weight is 601 g/mol. The van der Waals surface area contributed by atoms with Crippen LogP contribution in [-0.4, -0.2) is 123 Å². The second kappa shape index (κ2) is 10.8. The van der Waals surface area contributed by atoms with Crippen molar-refractivity contribution in [3.05, 3.63) is 11.6 Å². The van der Waals surface area contributed by atoms with Gasteiger partial charge in [-0.05, 0) is 18.4 Å².